The second-order valence-electron chi connectivity index (χ2n) is 3.08. The van der Waals surface area contributed by atoms with Crippen LogP contribution in [0.25, 0.3) is 0 Å². The highest BCUT2D eigenvalue weighted by molar-refractivity contribution is 4.75. The van der Waals surface area contributed by atoms with Crippen LogP contribution in [0.4, 0.5) is 0 Å². The summed E-state index contributed by atoms with van der Waals surface area (Å²) in [5, 5.41) is 0. The smallest absolute Gasteiger partial charge is 0.0579 e. The van der Waals surface area contributed by atoms with E-state index < -0.39 is 0 Å². The van der Waals surface area contributed by atoms with Crippen molar-refractivity contribution in [2.45, 2.75) is 45.8 Å². The van der Waals surface area contributed by atoms with Crippen LogP contribution in [0.3, 0.4) is 0 Å². The van der Waals surface area contributed by atoms with Crippen molar-refractivity contribution in [3.05, 3.63) is 0 Å². The predicted octanol–water partition coefficient (Wildman–Crippen LogP) is 2.21. The highest BCUT2D eigenvalue weighted by Gasteiger charge is 2.26. The van der Waals surface area contributed by atoms with E-state index in [9.17, 15) is 0 Å². The Kier molecular flexibility index (Phi) is 2.12. The molecular weight excluding hydrogens is 112 g/mol. The van der Waals surface area contributed by atoms with E-state index in [0.29, 0.717) is 12.2 Å². The summed E-state index contributed by atoms with van der Waals surface area (Å²) in [7, 11) is 0. The molecular formula is C8H16O. The van der Waals surface area contributed by atoms with Crippen molar-refractivity contribution in [3.63, 3.8) is 0 Å². The van der Waals surface area contributed by atoms with E-state index in [-0.39, 0.29) is 0 Å². The van der Waals surface area contributed by atoms with E-state index in [2.05, 4.69) is 20.8 Å². The molecule has 1 saturated heterocycles. The van der Waals surface area contributed by atoms with Crippen molar-refractivity contribution < 1.29 is 4.74 Å². The Bertz CT molecular complexity index is 80.6. The van der Waals surface area contributed by atoms with Crippen LogP contribution >= 0.6 is 0 Å². The van der Waals surface area contributed by atoms with Crippen LogP contribution in [0.5, 0.6) is 0 Å². The molecule has 0 aromatic heterocycles. The Labute approximate surface area is 57.4 Å². The second-order valence-corrected chi connectivity index (χ2v) is 3.08. The van der Waals surface area contributed by atoms with Gasteiger partial charge in [-0.15, -0.1) is 0 Å². The normalized spacial score (nSPS) is 43.7. The summed E-state index contributed by atoms with van der Waals surface area (Å²) >= 11 is 0. The van der Waals surface area contributed by atoms with Crippen molar-refractivity contribution in [2.24, 2.45) is 5.92 Å². The lowest BCUT2D eigenvalue weighted by Gasteiger charge is -2.07. The first-order valence-electron chi connectivity index (χ1n) is 3.89. The van der Waals surface area contributed by atoms with E-state index in [1.54, 1.807) is 0 Å². The molecule has 3 unspecified atom stereocenters. The zero-order valence-electron chi connectivity index (χ0n) is 6.55. The molecule has 1 aliphatic rings. The van der Waals surface area contributed by atoms with Crippen molar-refractivity contribution >= 4 is 0 Å². The topological polar surface area (TPSA) is 9.23 Å². The number of hydrogen-bond acceptors (Lipinski definition) is 1. The van der Waals surface area contributed by atoms with Gasteiger partial charge in [0.1, 0.15) is 0 Å². The van der Waals surface area contributed by atoms with Crippen LogP contribution in [0.15, 0.2) is 0 Å². The molecule has 1 nitrogen and oxygen atoms in total. The maximum Gasteiger partial charge on any atom is 0.0579 e. The van der Waals surface area contributed by atoms with Gasteiger partial charge in [0.25, 0.3) is 0 Å². The van der Waals surface area contributed by atoms with Gasteiger partial charge in [-0.1, -0.05) is 13.8 Å². The Morgan fingerprint density at radius 3 is 2.33 bits per heavy atom. The summed E-state index contributed by atoms with van der Waals surface area (Å²) in [6.07, 6.45) is 3.48. The van der Waals surface area contributed by atoms with Gasteiger partial charge in [-0.2, -0.15) is 0 Å². The fourth-order valence-electron chi connectivity index (χ4n) is 1.36. The Hall–Kier alpha value is -0.0400. The van der Waals surface area contributed by atoms with Crippen LogP contribution in [0, 0.1) is 5.92 Å². The van der Waals surface area contributed by atoms with Gasteiger partial charge in [0.05, 0.1) is 12.2 Å². The third-order valence-corrected chi connectivity index (χ3v) is 2.30. The summed E-state index contributed by atoms with van der Waals surface area (Å²) < 4.78 is 5.62. The number of rotatable bonds is 1. The lowest BCUT2D eigenvalue weighted by Crippen LogP contribution is -2.08. The average molecular weight is 128 g/mol. The van der Waals surface area contributed by atoms with Gasteiger partial charge in [0.2, 0.25) is 0 Å². The van der Waals surface area contributed by atoms with Crippen LogP contribution in [0.1, 0.15) is 33.6 Å². The standard InChI is InChI=1S/C8H16O/c1-4-8-5-6(2)7(3)9-8/h6-8H,4-5H2,1-3H3. The van der Waals surface area contributed by atoms with Gasteiger partial charge in [0, 0.05) is 0 Å². The molecule has 0 aromatic rings. The van der Waals surface area contributed by atoms with Gasteiger partial charge >= 0.3 is 0 Å². The van der Waals surface area contributed by atoms with Crippen LogP contribution in [0.2, 0.25) is 0 Å². The summed E-state index contributed by atoms with van der Waals surface area (Å²) in [6, 6.07) is 0. The molecule has 1 fully saturated rings. The van der Waals surface area contributed by atoms with Gasteiger partial charge in [0.15, 0.2) is 0 Å². The van der Waals surface area contributed by atoms with E-state index in [1.807, 2.05) is 0 Å². The molecule has 3 atom stereocenters. The van der Waals surface area contributed by atoms with E-state index in [4.69, 9.17) is 4.74 Å². The minimum Gasteiger partial charge on any atom is -0.375 e. The first-order valence-corrected chi connectivity index (χ1v) is 3.89. The van der Waals surface area contributed by atoms with Crippen molar-refractivity contribution in [2.75, 3.05) is 0 Å². The third-order valence-electron chi connectivity index (χ3n) is 2.30. The molecule has 0 aliphatic carbocycles. The molecule has 54 valence electrons. The van der Waals surface area contributed by atoms with Gasteiger partial charge in [-0.25, -0.2) is 0 Å². The summed E-state index contributed by atoms with van der Waals surface area (Å²) in [5.41, 5.74) is 0. The monoisotopic (exact) mass is 128 g/mol. The fraction of sp³-hybridized carbons (Fsp3) is 1.00. The lowest BCUT2D eigenvalue weighted by atomic mass is 10.0. The fourth-order valence-corrected chi connectivity index (χ4v) is 1.36. The molecule has 0 bridgehead atoms. The number of hydrogen-bond donors (Lipinski definition) is 0. The van der Waals surface area contributed by atoms with Crippen LogP contribution in [-0.4, -0.2) is 12.2 Å². The molecule has 1 aliphatic heterocycles. The molecule has 1 heterocycles. The number of ether oxygens (including phenoxy) is 1. The maximum atomic E-state index is 5.62. The first kappa shape index (κ1) is 7.07. The average Bonchev–Trinajstić information content (AvgIpc) is 2.13. The lowest BCUT2D eigenvalue weighted by molar-refractivity contribution is 0.0460. The quantitative estimate of drug-likeness (QED) is 0.526. The summed E-state index contributed by atoms with van der Waals surface area (Å²) in [5.74, 6) is 0.773. The molecule has 0 radical (unpaired) electrons. The minimum absolute atomic E-state index is 0.495. The molecule has 0 saturated carbocycles. The predicted molar refractivity (Wildman–Crippen MR) is 38.4 cm³/mol. The van der Waals surface area contributed by atoms with E-state index in [0.717, 1.165) is 5.92 Å². The zero-order valence-corrected chi connectivity index (χ0v) is 6.55. The van der Waals surface area contributed by atoms with Crippen molar-refractivity contribution in [1.29, 1.82) is 0 Å². The van der Waals surface area contributed by atoms with E-state index in [1.165, 1.54) is 12.8 Å². The minimum atomic E-state index is 0.495. The maximum absolute atomic E-state index is 5.62. The second kappa shape index (κ2) is 2.70. The van der Waals surface area contributed by atoms with Crippen molar-refractivity contribution in [3.8, 4) is 0 Å². The molecule has 0 aromatic carbocycles. The van der Waals surface area contributed by atoms with Gasteiger partial charge in [-0.3, -0.25) is 0 Å². The first-order chi connectivity index (χ1) is 4.24. The highest BCUT2D eigenvalue weighted by atomic mass is 16.5. The molecule has 0 amide bonds. The molecule has 1 rings (SSSR count). The Morgan fingerprint density at radius 2 is 2.11 bits per heavy atom. The summed E-state index contributed by atoms with van der Waals surface area (Å²) in [4.78, 5) is 0. The molecule has 0 spiro atoms. The molecule has 0 N–H and O–H groups in total. The SMILES string of the molecule is CCC1CC(C)C(C)O1. The van der Waals surface area contributed by atoms with E-state index >= 15 is 0 Å². The Morgan fingerprint density at radius 1 is 1.44 bits per heavy atom. The zero-order chi connectivity index (χ0) is 6.85. The van der Waals surface area contributed by atoms with Crippen LogP contribution < -0.4 is 0 Å². The largest absolute Gasteiger partial charge is 0.375 e. The summed E-state index contributed by atoms with van der Waals surface area (Å²) in [6.45, 7) is 6.62. The van der Waals surface area contributed by atoms with Gasteiger partial charge in [-0.05, 0) is 25.7 Å². The van der Waals surface area contributed by atoms with Crippen molar-refractivity contribution in [1.82, 2.24) is 0 Å². The molecule has 9 heavy (non-hydrogen) atoms. The highest BCUT2D eigenvalue weighted by Crippen LogP contribution is 2.26. The van der Waals surface area contributed by atoms with Crippen LogP contribution in [-0.2, 0) is 4.74 Å². The Balaban J connectivity index is 2.35. The molecule has 1 heteroatoms. The van der Waals surface area contributed by atoms with Gasteiger partial charge < -0.3 is 4.74 Å². The third kappa shape index (κ3) is 1.45.